The maximum Gasteiger partial charge on any atom is 0.165 e. The first kappa shape index (κ1) is 22.8. The molecular formula is C27H26N4O3. The smallest absolute Gasteiger partial charge is 0.165 e. The minimum atomic E-state index is 0.131. The lowest BCUT2D eigenvalue weighted by molar-refractivity contribution is 0.284. The van der Waals surface area contributed by atoms with Gasteiger partial charge in [0.25, 0.3) is 0 Å². The number of hydrogen-bond acceptors (Lipinski definition) is 7. The number of aromatic hydroxyl groups is 1. The van der Waals surface area contributed by atoms with Crippen molar-refractivity contribution in [2.75, 3.05) is 19.2 Å². The number of aryl methyl sites for hydroxylation is 1. The second-order valence-electron chi connectivity index (χ2n) is 7.66. The Hall–Kier alpha value is -4.39. The van der Waals surface area contributed by atoms with Gasteiger partial charge >= 0.3 is 0 Å². The largest absolute Gasteiger partial charge is 0.507 e. The summed E-state index contributed by atoms with van der Waals surface area (Å²) in [5.74, 6) is 2.47. The molecule has 0 spiro atoms. The van der Waals surface area contributed by atoms with Crippen LogP contribution >= 0.6 is 0 Å². The first-order valence-corrected chi connectivity index (χ1v) is 10.8. The van der Waals surface area contributed by atoms with E-state index in [9.17, 15) is 5.11 Å². The number of methoxy groups -OCH3 is 1. The molecule has 3 aromatic carbocycles. The van der Waals surface area contributed by atoms with Crippen LogP contribution in [0.3, 0.4) is 0 Å². The molecule has 34 heavy (non-hydrogen) atoms. The van der Waals surface area contributed by atoms with E-state index in [0.29, 0.717) is 35.3 Å². The lowest BCUT2D eigenvalue weighted by Gasteiger charge is -2.14. The van der Waals surface area contributed by atoms with Gasteiger partial charge in [-0.15, -0.1) is 0 Å². The molecule has 0 aliphatic heterocycles. The Morgan fingerprint density at radius 1 is 0.941 bits per heavy atom. The van der Waals surface area contributed by atoms with Crippen LogP contribution in [-0.2, 0) is 6.61 Å². The van der Waals surface area contributed by atoms with Crippen molar-refractivity contribution < 1.29 is 14.6 Å². The van der Waals surface area contributed by atoms with Gasteiger partial charge in [0.1, 0.15) is 12.4 Å². The van der Waals surface area contributed by atoms with Crippen LogP contribution < -0.4 is 14.5 Å². The summed E-state index contributed by atoms with van der Waals surface area (Å²) in [5.41, 5.74) is 3.26. The molecule has 1 aromatic heterocycles. The number of ether oxygens (including phenoxy) is 2. The summed E-state index contributed by atoms with van der Waals surface area (Å²) < 4.78 is 11.4. The lowest BCUT2D eigenvalue weighted by atomic mass is 10.2. The topological polar surface area (TPSA) is 80.1 Å². The van der Waals surface area contributed by atoms with Crippen LogP contribution in [0.4, 0.5) is 5.82 Å². The predicted octanol–water partition coefficient (Wildman–Crippen LogP) is 5.22. The van der Waals surface area contributed by atoms with Crippen LogP contribution in [0.2, 0.25) is 0 Å². The highest BCUT2D eigenvalue weighted by Gasteiger charge is 2.11. The first-order valence-electron chi connectivity index (χ1n) is 10.8. The average molecular weight is 455 g/mol. The highest BCUT2D eigenvalue weighted by molar-refractivity contribution is 5.81. The number of benzene rings is 3. The van der Waals surface area contributed by atoms with Crippen LogP contribution in [0, 0.1) is 6.92 Å². The van der Waals surface area contributed by atoms with Gasteiger partial charge < -0.3 is 14.6 Å². The van der Waals surface area contributed by atoms with Crippen molar-refractivity contribution in [1.82, 2.24) is 9.97 Å². The summed E-state index contributed by atoms with van der Waals surface area (Å²) >= 11 is 0. The Balaban J connectivity index is 1.53. The summed E-state index contributed by atoms with van der Waals surface area (Å²) in [7, 11) is 3.43. The maximum absolute atomic E-state index is 10.2. The monoisotopic (exact) mass is 454 g/mol. The number of hydrogen-bond donors (Lipinski definition) is 1. The zero-order valence-electron chi connectivity index (χ0n) is 19.3. The molecule has 0 saturated carbocycles. The molecule has 0 aliphatic carbocycles. The number of para-hydroxylation sites is 1. The Morgan fingerprint density at radius 3 is 2.47 bits per heavy atom. The molecule has 4 rings (SSSR count). The summed E-state index contributed by atoms with van der Waals surface area (Å²) in [6.07, 6.45) is 1.73. The molecule has 7 nitrogen and oxygen atoms in total. The highest BCUT2D eigenvalue weighted by atomic mass is 16.5. The number of aromatic nitrogens is 2. The lowest BCUT2D eigenvalue weighted by Crippen LogP contribution is -2.12. The Kier molecular flexibility index (Phi) is 7.03. The van der Waals surface area contributed by atoms with E-state index in [4.69, 9.17) is 9.47 Å². The molecule has 172 valence electrons. The standard InChI is InChI=1S/C27H26N4O3/c1-19-15-26(30-27(29-19)22-11-7-8-12-23(22)32)31(2)28-17-21-13-14-24(33-3)25(16-21)34-18-20-9-5-4-6-10-20/h4-17,32H,18H2,1-3H3/b28-17+. The van der Waals surface area contributed by atoms with E-state index in [-0.39, 0.29) is 5.75 Å². The summed E-state index contributed by atoms with van der Waals surface area (Å²) in [6.45, 7) is 2.32. The molecule has 7 heteroatoms. The van der Waals surface area contributed by atoms with Crippen LogP contribution in [0.5, 0.6) is 17.2 Å². The summed E-state index contributed by atoms with van der Waals surface area (Å²) in [4.78, 5) is 9.04. The second-order valence-corrected chi connectivity index (χ2v) is 7.66. The van der Waals surface area contributed by atoms with Crippen molar-refractivity contribution in [2.24, 2.45) is 5.10 Å². The van der Waals surface area contributed by atoms with E-state index < -0.39 is 0 Å². The third kappa shape index (κ3) is 5.50. The quantitative estimate of drug-likeness (QED) is 0.291. The molecule has 1 heterocycles. The van der Waals surface area contributed by atoms with Crippen molar-refractivity contribution in [1.29, 1.82) is 0 Å². The van der Waals surface area contributed by atoms with Crippen molar-refractivity contribution in [3.63, 3.8) is 0 Å². The normalized spacial score (nSPS) is 10.9. The molecule has 0 radical (unpaired) electrons. The summed E-state index contributed by atoms with van der Waals surface area (Å²) in [5, 5.41) is 16.4. The Morgan fingerprint density at radius 2 is 1.71 bits per heavy atom. The second kappa shape index (κ2) is 10.5. The van der Waals surface area contributed by atoms with Crippen LogP contribution in [0.15, 0.2) is 84.0 Å². The average Bonchev–Trinajstić information content (AvgIpc) is 2.86. The molecule has 4 aromatic rings. The number of rotatable bonds is 8. The van der Waals surface area contributed by atoms with Gasteiger partial charge in [-0.25, -0.2) is 9.97 Å². The van der Waals surface area contributed by atoms with Crippen molar-refractivity contribution >= 4 is 12.0 Å². The van der Waals surface area contributed by atoms with E-state index in [0.717, 1.165) is 16.8 Å². The fourth-order valence-electron chi connectivity index (χ4n) is 3.34. The van der Waals surface area contributed by atoms with Gasteiger partial charge in [-0.2, -0.15) is 5.10 Å². The predicted molar refractivity (Wildman–Crippen MR) is 134 cm³/mol. The molecule has 0 saturated heterocycles. The van der Waals surface area contributed by atoms with E-state index in [1.165, 1.54) is 0 Å². The van der Waals surface area contributed by atoms with Crippen LogP contribution in [0.1, 0.15) is 16.8 Å². The summed E-state index contributed by atoms with van der Waals surface area (Å²) in [6, 6.07) is 24.4. The van der Waals surface area contributed by atoms with E-state index in [2.05, 4.69) is 15.1 Å². The van der Waals surface area contributed by atoms with Crippen molar-refractivity contribution in [3.8, 4) is 28.6 Å². The SMILES string of the molecule is COc1ccc(/C=N/N(C)c2cc(C)nc(-c3ccccc3O)n2)cc1OCc1ccccc1. The third-order valence-corrected chi connectivity index (χ3v) is 5.12. The maximum atomic E-state index is 10.2. The van der Waals surface area contributed by atoms with Crippen molar-refractivity contribution in [3.05, 3.63) is 95.7 Å². The zero-order chi connectivity index (χ0) is 23.9. The Bertz CT molecular complexity index is 1290. The van der Waals surface area contributed by atoms with E-state index >= 15 is 0 Å². The van der Waals surface area contributed by atoms with Crippen LogP contribution in [-0.4, -0.2) is 35.4 Å². The molecule has 1 N–H and O–H groups in total. The Labute approximate surface area is 199 Å². The fourth-order valence-corrected chi connectivity index (χ4v) is 3.34. The number of anilines is 1. The number of nitrogens with zero attached hydrogens (tertiary/aromatic N) is 4. The minimum absolute atomic E-state index is 0.131. The van der Waals surface area contributed by atoms with Gasteiger partial charge in [-0.05, 0) is 48.4 Å². The molecule has 0 bridgehead atoms. The first-order chi connectivity index (χ1) is 16.5. The molecular weight excluding hydrogens is 428 g/mol. The molecule has 0 fully saturated rings. The fraction of sp³-hybridized carbons (Fsp3) is 0.148. The van der Waals surface area contributed by atoms with E-state index in [1.54, 1.807) is 36.5 Å². The van der Waals surface area contributed by atoms with Gasteiger partial charge in [0.2, 0.25) is 0 Å². The zero-order valence-corrected chi connectivity index (χ0v) is 19.3. The molecule has 0 amide bonds. The van der Waals surface area contributed by atoms with Gasteiger partial charge in [0, 0.05) is 18.8 Å². The van der Waals surface area contributed by atoms with Crippen LogP contribution in [0.25, 0.3) is 11.4 Å². The van der Waals surface area contributed by atoms with Crippen molar-refractivity contribution in [2.45, 2.75) is 13.5 Å². The van der Waals surface area contributed by atoms with Gasteiger partial charge in [0.15, 0.2) is 23.1 Å². The van der Waals surface area contributed by atoms with Gasteiger partial charge in [-0.3, -0.25) is 5.01 Å². The highest BCUT2D eigenvalue weighted by Crippen LogP contribution is 2.29. The molecule has 0 unspecified atom stereocenters. The van der Waals surface area contributed by atoms with Gasteiger partial charge in [0.05, 0.1) is 18.9 Å². The van der Waals surface area contributed by atoms with Gasteiger partial charge in [-0.1, -0.05) is 42.5 Å². The molecule has 0 aliphatic rings. The minimum Gasteiger partial charge on any atom is -0.507 e. The molecule has 0 atom stereocenters. The number of hydrazone groups is 1. The third-order valence-electron chi connectivity index (χ3n) is 5.12. The number of phenolic OH excluding ortho intramolecular Hbond substituents is 1. The van der Waals surface area contributed by atoms with E-state index in [1.807, 2.05) is 74.6 Å². The number of phenols is 1.